The molecule has 41 heavy (non-hydrogen) atoms. The van der Waals surface area contributed by atoms with Crippen molar-refractivity contribution < 1.29 is 19.3 Å². The van der Waals surface area contributed by atoms with Gasteiger partial charge in [0.05, 0.1) is 59.8 Å². The fourth-order valence-corrected chi connectivity index (χ4v) is 5.28. The van der Waals surface area contributed by atoms with Gasteiger partial charge in [0.1, 0.15) is 17.3 Å². The molecule has 1 aliphatic heterocycles. The summed E-state index contributed by atoms with van der Waals surface area (Å²) in [6.07, 6.45) is 3.80. The Balaban J connectivity index is 1.77. The molecule has 3 unspecified atom stereocenters. The van der Waals surface area contributed by atoms with Crippen molar-refractivity contribution >= 4 is 23.1 Å². The normalized spacial score (nSPS) is 19.3. The lowest BCUT2D eigenvalue weighted by molar-refractivity contribution is 0.0914. The van der Waals surface area contributed by atoms with Gasteiger partial charge in [-0.15, -0.1) is 5.10 Å². The molecule has 5 rings (SSSR count). The fraction of sp³-hybridized carbons (Fsp3) is 0.517. The molecule has 12 heteroatoms. The summed E-state index contributed by atoms with van der Waals surface area (Å²) in [6.45, 7) is 11.3. The van der Waals surface area contributed by atoms with Crippen molar-refractivity contribution in [2.45, 2.75) is 66.0 Å². The van der Waals surface area contributed by atoms with E-state index in [0.29, 0.717) is 31.5 Å². The van der Waals surface area contributed by atoms with Crippen LogP contribution in [0.15, 0.2) is 6.07 Å². The first-order chi connectivity index (χ1) is 19.7. The molecule has 1 aliphatic rings. The van der Waals surface area contributed by atoms with E-state index in [1.807, 2.05) is 50.7 Å². The first-order valence-electron chi connectivity index (χ1n) is 14.0. The lowest BCUT2D eigenvalue weighted by atomic mass is 10.1. The number of rotatable bonds is 6. The number of nitrogens with zero attached hydrogens (tertiary/aromatic N) is 7. The number of ether oxygens (including phenoxy) is 3. The quantitative estimate of drug-likeness (QED) is 0.360. The first-order valence-corrected chi connectivity index (χ1v) is 14.0. The second-order valence-corrected chi connectivity index (χ2v) is 10.7. The number of likely N-dealkylation sites (N-methyl/N-ethyl adjacent to an activating group) is 1. The molecule has 0 radical (unpaired) electrons. The molecule has 0 aliphatic carbocycles. The Hall–Kier alpha value is -3.74. The van der Waals surface area contributed by atoms with Gasteiger partial charge in [0, 0.05) is 32.1 Å². The third-order valence-corrected chi connectivity index (χ3v) is 7.82. The number of hydrogen-bond donors (Lipinski definition) is 2. The Morgan fingerprint density at radius 1 is 1.22 bits per heavy atom. The SMILES string of the molecule is CCOc1nn(C(C)CO)c2c1/C=C/c1[nH]nc3c(C)nc(cc13)-c1c(COC)nn(C)c1OC(C)C(C)N(C)C2. The van der Waals surface area contributed by atoms with Crippen LogP contribution in [-0.2, 0) is 24.9 Å². The lowest BCUT2D eigenvalue weighted by Crippen LogP contribution is -2.41. The van der Waals surface area contributed by atoms with E-state index in [-0.39, 0.29) is 24.8 Å². The van der Waals surface area contributed by atoms with Crippen molar-refractivity contribution in [2.24, 2.45) is 7.05 Å². The molecule has 4 aromatic rings. The summed E-state index contributed by atoms with van der Waals surface area (Å²) in [5, 5.41) is 28.2. The molecule has 2 N–H and O–H groups in total. The number of fused-ring (bicyclic) bond motifs is 4. The fourth-order valence-electron chi connectivity index (χ4n) is 5.28. The van der Waals surface area contributed by atoms with E-state index in [0.717, 1.165) is 50.5 Å². The summed E-state index contributed by atoms with van der Waals surface area (Å²) >= 11 is 0. The highest BCUT2D eigenvalue weighted by molar-refractivity contribution is 5.93. The summed E-state index contributed by atoms with van der Waals surface area (Å²) in [4.78, 5) is 7.15. The lowest BCUT2D eigenvalue weighted by Gasteiger charge is -2.31. The van der Waals surface area contributed by atoms with Crippen LogP contribution in [0.3, 0.4) is 0 Å². The molecule has 0 saturated heterocycles. The van der Waals surface area contributed by atoms with Crippen molar-refractivity contribution in [1.82, 2.24) is 39.6 Å². The molecule has 2 bridgehead atoms. The number of aromatic amines is 1. The predicted octanol–water partition coefficient (Wildman–Crippen LogP) is 3.73. The summed E-state index contributed by atoms with van der Waals surface area (Å²) in [7, 11) is 5.59. The zero-order chi connectivity index (χ0) is 29.4. The van der Waals surface area contributed by atoms with E-state index >= 15 is 0 Å². The average molecular weight is 565 g/mol. The smallest absolute Gasteiger partial charge is 0.240 e. The third-order valence-electron chi connectivity index (χ3n) is 7.82. The van der Waals surface area contributed by atoms with Crippen LogP contribution in [0.4, 0.5) is 0 Å². The van der Waals surface area contributed by atoms with E-state index in [1.54, 1.807) is 11.8 Å². The zero-order valence-corrected chi connectivity index (χ0v) is 25.1. The monoisotopic (exact) mass is 564 g/mol. The molecule has 0 amide bonds. The van der Waals surface area contributed by atoms with E-state index in [2.05, 4.69) is 36.0 Å². The molecule has 5 heterocycles. The van der Waals surface area contributed by atoms with E-state index < -0.39 is 0 Å². The van der Waals surface area contributed by atoms with Gasteiger partial charge in [-0.05, 0) is 59.9 Å². The van der Waals surface area contributed by atoms with Crippen LogP contribution in [0.25, 0.3) is 34.3 Å². The molecule has 3 atom stereocenters. The van der Waals surface area contributed by atoms with Crippen molar-refractivity contribution in [1.29, 1.82) is 0 Å². The Morgan fingerprint density at radius 2 is 2.00 bits per heavy atom. The second kappa shape index (κ2) is 11.6. The van der Waals surface area contributed by atoms with Crippen LogP contribution >= 0.6 is 0 Å². The summed E-state index contributed by atoms with van der Waals surface area (Å²) in [5.41, 5.74) is 6.50. The number of nitrogens with one attached hydrogen (secondary N) is 1. The second-order valence-electron chi connectivity index (χ2n) is 10.7. The van der Waals surface area contributed by atoms with Crippen LogP contribution in [0.2, 0.25) is 0 Å². The zero-order valence-electron chi connectivity index (χ0n) is 25.1. The van der Waals surface area contributed by atoms with E-state index in [4.69, 9.17) is 29.4 Å². The Bertz CT molecular complexity index is 1570. The van der Waals surface area contributed by atoms with Crippen molar-refractivity contribution in [3.63, 3.8) is 0 Å². The van der Waals surface area contributed by atoms with Crippen LogP contribution in [0.5, 0.6) is 11.8 Å². The number of aryl methyl sites for hydroxylation is 2. The molecule has 0 aromatic carbocycles. The Kier molecular flexibility index (Phi) is 8.16. The predicted molar refractivity (Wildman–Crippen MR) is 157 cm³/mol. The highest BCUT2D eigenvalue weighted by Gasteiger charge is 2.29. The van der Waals surface area contributed by atoms with Gasteiger partial charge in [0.2, 0.25) is 11.8 Å². The molecular weight excluding hydrogens is 524 g/mol. The van der Waals surface area contributed by atoms with E-state index in [9.17, 15) is 5.11 Å². The van der Waals surface area contributed by atoms with Gasteiger partial charge in [-0.3, -0.25) is 19.7 Å². The number of pyridine rings is 1. The molecule has 220 valence electrons. The number of methoxy groups -OCH3 is 1. The van der Waals surface area contributed by atoms with Crippen LogP contribution in [0, 0.1) is 6.92 Å². The van der Waals surface area contributed by atoms with Gasteiger partial charge in [-0.1, -0.05) is 0 Å². The summed E-state index contributed by atoms with van der Waals surface area (Å²) in [5.74, 6) is 1.16. The molecule has 4 aromatic heterocycles. The third kappa shape index (κ3) is 5.22. The van der Waals surface area contributed by atoms with Crippen LogP contribution in [0.1, 0.15) is 62.1 Å². The molecule has 0 spiro atoms. The first kappa shape index (κ1) is 28.8. The average Bonchev–Trinajstić information content (AvgIpc) is 3.60. The topological polar surface area (TPSA) is 128 Å². The minimum atomic E-state index is -0.230. The maximum Gasteiger partial charge on any atom is 0.240 e. The maximum absolute atomic E-state index is 10.0. The number of hydrogen-bond acceptors (Lipinski definition) is 9. The molecule has 12 nitrogen and oxygen atoms in total. The largest absolute Gasteiger partial charge is 0.476 e. The van der Waals surface area contributed by atoms with Crippen molar-refractivity contribution in [3.8, 4) is 23.0 Å². The highest BCUT2D eigenvalue weighted by Crippen LogP contribution is 2.37. The Morgan fingerprint density at radius 3 is 2.71 bits per heavy atom. The van der Waals surface area contributed by atoms with Crippen molar-refractivity contribution in [2.75, 3.05) is 27.4 Å². The number of H-pyrrole nitrogens is 1. The number of aliphatic hydroxyl groups is 1. The molecular formula is C29H40N8O4. The van der Waals surface area contributed by atoms with Gasteiger partial charge in [0.15, 0.2) is 0 Å². The minimum absolute atomic E-state index is 0.00279. The Labute approximate surface area is 239 Å². The minimum Gasteiger partial charge on any atom is -0.476 e. The standard InChI is InChI=1S/C29H40N8O4/c1-9-40-28-20-10-11-22-21-12-23(30-17(3)27(21)32-31-22)26-24(15-39-8)33-36(7)29(26)41-19(5)18(4)35(6)13-25(20)37(34-28)16(2)14-38/h10-12,16,18-19,38H,9,13-15H2,1-8H3,(H,31,32)/b11-10+. The van der Waals surface area contributed by atoms with Crippen LogP contribution < -0.4 is 9.47 Å². The molecule has 0 saturated carbocycles. The summed E-state index contributed by atoms with van der Waals surface area (Å²) in [6, 6.07) is 1.80. The van der Waals surface area contributed by atoms with Gasteiger partial charge in [-0.2, -0.15) is 10.2 Å². The number of aliphatic hydroxyl groups excluding tert-OH is 1. The van der Waals surface area contributed by atoms with Gasteiger partial charge in [-0.25, -0.2) is 4.68 Å². The van der Waals surface area contributed by atoms with Gasteiger partial charge < -0.3 is 19.3 Å². The van der Waals surface area contributed by atoms with Crippen LogP contribution in [-0.4, -0.2) is 84.3 Å². The summed E-state index contributed by atoms with van der Waals surface area (Å²) < 4.78 is 21.8. The highest BCUT2D eigenvalue weighted by atomic mass is 16.5. The number of aromatic nitrogens is 7. The maximum atomic E-state index is 10.0. The molecule has 0 fully saturated rings. The van der Waals surface area contributed by atoms with Gasteiger partial charge in [0.25, 0.3) is 0 Å². The van der Waals surface area contributed by atoms with E-state index in [1.165, 1.54) is 0 Å². The van der Waals surface area contributed by atoms with Gasteiger partial charge >= 0.3 is 0 Å². The van der Waals surface area contributed by atoms with Crippen molar-refractivity contribution in [3.05, 3.63) is 34.4 Å².